The number of nitrogens with zero attached hydrogens (tertiary/aromatic N) is 3. The molecule has 0 saturated heterocycles. The number of hydrogen-bond acceptors (Lipinski definition) is 3. The minimum atomic E-state index is -3.66. The molecule has 248 valence electrons. The summed E-state index contributed by atoms with van der Waals surface area (Å²) in [6.45, 7) is 10.1. The van der Waals surface area contributed by atoms with Crippen molar-refractivity contribution in [3.8, 4) is 11.3 Å². The quantitative estimate of drug-likeness (QED) is 0.175. The van der Waals surface area contributed by atoms with Gasteiger partial charge >= 0.3 is 0 Å². The molecule has 4 aromatic rings. The van der Waals surface area contributed by atoms with Crippen molar-refractivity contribution in [3.63, 3.8) is 0 Å². The van der Waals surface area contributed by atoms with Crippen LogP contribution >= 0.6 is 0 Å². The third-order valence-corrected chi connectivity index (χ3v) is 12.3. The normalized spacial score (nSPS) is 16.6. The molecule has 0 aliphatic carbocycles. The lowest BCUT2D eigenvalue weighted by Crippen LogP contribution is -2.43. The van der Waals surface area contributed by atoms with Gasteiger partial charge in [-0.25, -0.2) is 8.42 Å². The van der Waals surface area contributed by atoms with E-state index < -0.39 is 10.0 Å². The standard InChI is InChI=1S/C40H49N3O3S/c1-6-8-19-35-29(4)41(5)39(36(35)20-9-7-2)37-24-31-21-22-42(47(45,46)34-17-11-10-12-18-34)26-33(31)25-38(37)40(44)43-27-32-16-14-13-15-30(32)23-28(43)3/h10-18,24-25,28H,6-9,19-23,26-27H2,1-5H3/t28-/m1/s1. The first-order valence-electron chi connectivity index (χ1n) is 17.4. The second kappa shape index (κ2) is 13.8. The summed E-state index contributed by atoms with van der Waals surface area (Å²) in [4.78, 5) is 17.2. The van der Waals surface area contributed by atoms with Gasteiger partial charge in [0.15, 0.2) is 0 Å². The van der Waals surface area contributed by atoms with Crippen LogP contribution in [0.4, 0.5) is 0 Å². The molecule has 7 heteroatoms. The van der Waals surface area contributed by atoms with Crippen molar-refractivity contribution in [2.45, 2.75) is 103 Å². The number of amides is 1. The van der Waals surface area contributed by atoms with Gasteiger partial charge in [-0.3, -0.25) is 4.79 Å². The van der Waals surface area contributed by atoms with Gasteiger partial charge in [0.25, 0.3) is 5.91 Å². The van der Waals surface area contributed by atoms with Crippen LogP contribution in [0, 0.1) is 6.92 Å². The van der Waals surface area contributed by atoms with Gasteiger partial charge in [0.1, 0.15) is 0 Å². The molecule has 0 unspecified atom stereocenters. The van der Waals surface area contributed by atoms with Crippen LogP contribution in [-0.4, -0.2) is 40.7 Å². The molecule has 6 rings (SSSR count). The summed E-state index contributed by atoms with van der Waals surface area (Å²) in [5.41, 5.74) is 11.4. The average molecular weight is 652 g/mol. The number of hydrogen-bond donors (Lipinski definition) is 0. The van der Waals surface area contributed by atoms with Crippen LogP contribution in [0.5, 0.6) is 0 Å². The molecule has 47 heavy (non-hydrogen) atoms. The number of carbonyl (C=O) groups excluding carboxylic acids is 1. The largest absolute Gasteiger partial charge is 0.347 e. The highest BCUT2D eigenvalue weighted by atomic mass is 32.2. The van der Waals surface area contributed by atoms with Gasteiger partial charge < -0.3 is 9.47 Å². The van der Waals surface area contributed by atoms with Crippen LogP contribution < -0.4 is 0 Å². The Kier molecular flexibility index (Phi) is 9.77. The van der Waals surface area contributed by atoms with Crippen LogP contribution in [0.1, 0.15) is 95.9 Å². The number of rotatable bonds is 10. The Hall–Kier alpha value is -3.68. The maximum atomic E-state index is 14.9. The highest BCUT2D eigenvalue weighted by molar-refractivity contribution is 7.89. The predicted octanol–water partition coefficient (Wildman–Crippen LogP) is 8.02. The third-order valence-electron chi connectivity index (χ3n) is 10.4. The highest BCUT2D eigenvalue weighted by Crippen LogP contribution is 2.39. The molecule has 0 fully saturated rings. The monoisotopic (exact) mass is 651 g/mol. The summed E-state index contributed by atoms with van der Waals surface area (Å²) in [6.07, 6.45) is 7.91. The second-order valence-corrected chi connectivity index (χ2v) is 15.4. The SMILES string of the molecule is CCCCc1c(CCCC)c(-c2cc3c(cc2C(=O)N2Cc4ccccc4C[C@H]2C)CN(S(=O)(=O)c2ccccc2)CC3)n(C)c1C. The van der Waals surface area contributed by atoms with Crippen LogP contribution in [0.25, 0.3) is 11.3 Å². The summed E-state index contributed by atoms with van der Waals surface area (Å²) >= 11 is 0. The smallest absolute Gasteiger partial charge is 0.255 e. The Morgan fingerprint density at radius 2 is 1.49 bits per heavy atom. The van der Waals surface area contributed by atoms with Gasteiger partial charge in [-0.1, -0.05) is 69.2 Å². The molecule has 0 bridgehead atoms. The molecule has 0 N–H and O–H groups in total. The molecule has 0 spiro atoms. The minimum Gasteiger partial charge on any atom is -0.347 e. The van der Waals surface area contributed by atoms with E-state index in [2.05, 4.69) is 63.6 Å². The van der Waals surface area contributed by atoms with Crippen molar-refractivity contribution in [2.75, 3.05) is 6.54 Å². The van der Waals surface area contributed by atoms with Crippen LogP contribution in [0.15, 0.2) is 71.6 Å². The number of unbranched alkanes of at least 4 members (excludes halogenated alkanes) is 2. The zero-order valence-electron chi connectivity index (χ0n) is 28.7. The molecule has 0 saturated carbocycles. The van der Waals surface area contributed by atoms with E-state index in [1.807, 2.05) is 23.1 Å². The second-order valence-electron chi connectivity index (χ2n) is 13.5. The van der Waals surface area contributed by atoms with E-state index in [9.17, 15) is 13.2 Å². The van der Waals surface area contributed by atoms with E-state index in [1.54, 1.807) is 28.6 Å². The Morgan fingerprint density at radius 1 is 0.830 bits per heavy atom. The van der Waals surface area contributed by atoms with Gasteiger partial charge in [0.2, 0.25) is 10.0 Å². The van der Waals surface area contributed by atoms with E-state index in [1.165, 1.54) is 27.9 Å². The van der Waals surface area contributed by atoms with Gasteiger partial charge in [-0.15, -0.1) is 0 Å². The van der Waals surface area contributed by atoms with Crippen molar-refractivity contribution in [1.29, 1.82) is 0 Å². The molecule has 1 amide bonds. The lowest BCUT2D eigenvalue weighted by Gasteiger charge is -2.36. The lowest BCUT2D eigenvalue weighted by atomic mass is 9.88. The molecule has 6 nitrogen and oxygen atoms in total. The summed E-state index contributed by atoms with van der Waals surface area (Å²) in [5.74, 6) is 0.0169. The molecule has 3 aromatic carbocycles. The first-order valence-corrected chi connectivity index (χ1v) is 18.9. The van der Waals surface area contributed by atoms with E-state index in [0.29, 0.717) is 30.0 Å². The number of benzene rings is 3. The molecule has 3 heterocycles. The van der Waals surface area contributed by atoms with Gasteiger partial charge in [0.05, 0.1) is 10.6 Å². The van der Waals surface area contributed by atoms with Crippen molar-refractivity contribution < 1.29 is 13.2 Å². The van der Waals surface area contributed by atoms with Crippen LogP contribution in [0.3, 0.4) is 0 Å². The molecular formula is C40H49N3O3S. The fourth-order valence-corrected chi connectivity index (χ4v) is 9.03. The minimum absolute atomic E-state index is 0.0169. The van der Waals surface area contributed by atoms with Crippen LogP contribution in [-0.2, 0) is 55.8 Å². The topological polar surface area (TPSA) is 62.6 Å². The van der Waals surface area contributed by atoms with E-state index in [-0.39, 0.29) is 18.5 Å². The molecule has 0 radical (unpaired) electrons. The zero-order valence-corrected chi connectivity index (χ0v) is 29.5. The van der Waals surface area contributed by atoms with Crippen molar-refractivity contribution in [3.05, 3.63) is 111 Å². The van der Waals surface area contributed by atoms with Crippen molar-refractivity contribution >= 4 is 15.9 Å². The molecular weight excluding hydrogens is 603 g/mol. The maximum absolute atomic E-state index is 14.9. The van der Waals surface area contributed by atoms with Crippen molar-refractivity contribution in [2.24, 2.45) is 7.05 Å². The van der Waals surface area contributed by atoms with Gasteiger partial charge in [0, 0.05) is 49.5 Å². The molecule has 2 aliphatic heterocycles. The average Bonchev–Trinajstić information content (AvgIpc) is 3.32. The zero-order chi connectivity index (χ0) is 33.3. The number of fused-ring (bicyclic) bond motifs is 2. The van der Waals surface area contributed by atoms with Gasteiger partial charge in [-0.2, -0.15) is 4.31 Å². The van der Waals surface area contributed by atoms with E-state index in [0.717, 1.165) is 67.3 Å². The molecule has 2 aliphatic rings. The lowest BCUT2D eigenvalue weighted by molar-refractivity contribution is 0.0659. The fourth-order valence-electron chi connectivity index (χ4n) is 7.59. The summed E-state index contributed by atoms with van der Waals surface area (Å²) < 4.78 is 31.2. The number of carbonyl (C=O) groups is 1. The van der Waals surface area contributed by atoms with E-state index >= 15 is 0 Å². The summed E-state index contributed by atoms with van der Waals surface area (Å²) in [5, 5.41) is 0. The van der Waals surface area contributed by atoms with Gasteiger partial charge in [-0.05, 0) is 110 Å². The Morgan fingerprint density at radius 3 is 2.19 bits per heavy atom. The first-order chi connectivity index (χ1) is 22.6. The molecule has 1 atom stereocenters. The van der Waals surface area contributed by atoms with Crippen molar-refractivity contribution in [1.82, 2.24) is 13.8 Å². The fraction of sp³-hybridized carbons (Fsp3) is 0.425. The predicted molar refractivity (Wildman–Crippen MR) is 190 cm³/mol. The number of aromatic nitrogens is 1. The molecule has 1 aromatic heterocycles. The summed E-state index contributed by atoms with van der Waals surface area (Å²) in [7, 11) is -1.51. The van der Waals surface area contributed by atoms with E-state index in [4.69, 9.17) is 0 Å². The third kappa shape index (κ3) is 6.32. The number of sulfonamides is 1. The highest BCUT2D eigenvalue weighted by Gasteiger charge is 2.34. The Balaban J connectivity index is 1.50. The summed E-state index contributed by atoms with van der Waals surface area (Å²) in [6, 6.07) is 21.4. The first kappa shape index (κ1) is 33.2. The Bertz CT molecular complexity index is 1880. The maximum Gasteiger partial charge on any atom is 0.255 e. The Labute approximate surface area is 281 Å². The van der Waals surface area contributed by atoms with Crippen LogP contribution in [0.2, 0.25) is 0 Å².